The van der Waals surface area contributed by atoms with Gasteiger partial charge in [-0.1, -0.05) is 11.6 Å². The van der Waals surface area contributed by atoms with E-state index in [0.717, 1.165) is 24.5 Å². The summed E-state index contributed by atoms with van der Waals surface area (Å²) in [5.41, 5.74) is 1.22. The molecule has 0 radical (unpaired) electrons. The zero-order valence-electron chi connectivity index (χ0n) is 9.19. The van der Waals surface area contributed by atoms with Crippen LogP contribution in [0.4, 0.5) is 5.69 Å². The number of halogens is 1. The maximum atomic E-state index is 8.75. The second-order valence-electron chi connectivity index (χ2n) is 4.09. The minimum atomic E-state index is 0.206. The molecule has 1 aromatic carbocycles. The maximum Gasteiger partial charge on any atom is 0.0556 e. The molecule has 1 saturated heterocycles. The molecular weight excluding hydrogens is 224 g/mol. The van der Waals surface area contributed by atoms with Crippen LogP contribution in [0.5, 0.6) is 0 Å². The van der Waals surface area contributed by atoms with Gasteiger partial charge in [0.1, 0.15) is 0 Å². The van der Waals surface area contributed by atoms with Gasteiger partial charge in [0.25, 0.3) is 0 Å². The van der Waals surface area contributed by atoms with Crippen molar-refractivity contribution in [3.63, 3.8) is 0 Å². The second-order valence-corrected chi connectivity index (χ2v) is 4.52. The van der Waals surface area contributed by atoms with Gasteiger partial charge in [-0.15, -0.1) is 0 Å². The summed E-state index contributed by atoms with van der Waals surface area (Å²) in [4.78, 5) is 2.34. The molecule has 1 aromatic rings. The minimum absolute atomic E-state index is 0.206. The fourth-order valence-electron chi connectivity index (χ4n) is 2.08. The number of rotatable bonds is 4. The first kappa shape index (κ1) is 11.7. The van der Waals surface area contributed by atoms with Crippen LogP contribution in [0, 0.1) is 0 Å². The summed E-state index contributed by atoms with van der Waals surface area (Å²) >= 11 is 5.86. The van der Waals surface area contributed by atoms with Crippen LogP contribution in [-0.4, -0.2) is 37.4 Å². The summed E-state index contributed by atoms with van der Waals surface area (Å²) in [6, 6.07) is 8.44. The first-order valence-electron chi connectivity index (χ1n) is 5.64. The van der Waals surface area contributed by atoms with Crippen molar-refractivity contribution in [2.75, 3.05) is 31.1 Å². The van der Waals surface area contributed by atoms with Crippen molar-refractivity contribution in [2.45, 2.75) is 12.5 Å². The number of hydrogen-bond acceptors (Lipinski definition) is 3. The van der Waals surface area contributed by atoms with Crippen LogP contribution in [0.2, 0.25) is 5.02 Å². The van der Waals surface area contributed by atoms with Crippen molar-refractivity contribution in [3.05, 3.63) is 29.3 Å². The third-order valence-corrected chi connectivity index (χ3v) is 3.18. The molecule has 0 aliphatic carbocycles. The Balaban J connectivity index is 1.90. The Morgan fingerprint density at radius 2 is 2.12 bits per heavy atom. The topological polar surface area (TPSA) is 35.5 Å². The Labute approximate surface area is 101 Å². The van der Waals surface area contributed by atoms with Gasteiger partial charge in [0.15, 0.2) is 0 Å². The maximum absolute atomic E-state index is 8.75. The van der Waals surface area contributed by atoms with E-state index in [1.807, 2.05) is 12.1 Å². The average molecular weight is 241 g/mol. The summed E-state index contributed by atoms with van der Waals surface area (Å²) in [7, 11) is 0. The Morgan fingerprint density at radius 3 is 2.81 bits per heavy atom. The van der Waals surface area contributed by atoms with Gasteiger partial charge in [0.05, 0.1) is 6.61 Å². The van der Waals surface area contributed by atoms with Gasteiger partial charge >= 0.3 is 0 Å². The molecule has 1 heterocycles. The molecular formula is C12H17ClN2O. The fourth-order valence-corrected chi connectivity index (χ4v) is 2.21. The lowest BCUT2D eigenvalue weighted by Crippen LogP contribution is -2.34. The molecule has 1 aliphatic heterocycles. The molecule has 0 saturated carbocycles. The molecule has 1 fully saturated rings. The van der Waals surface area contributed by atoms with E-state index in [1.54, 1.807) is 0 Å². The number of aliphatic hydroxyl groups excluding tert-OH is 1. The van der Waals surface area contributed by atoms with E-state index in [0.29, 0.717) is 12.6 Å². The van der Waals surface area contributed by atoms with E-state index in [-0.39, 0.29) is 6.61 Å². The summed E-state index contributed by atoms with van der Waals surface area (Å²) in [6.07, 6.45) is 1.13. The third-order valence-electron chi connectivity index (χ3n) is 2.92. The van der Waals surface area contributed by atoms with Crippen LogP contribution in [-0.2, 0) is 0 Å². The zero-order valence-corrected chi connectivity index (χ0v) is 9.95. The van der Waals surface area contributed by atoms with Gasteiger partial charge in [-0.3, -0.25) is 0 Å². The number of anilines is 1. The number of hydrogen-bond donors (Lipinski definition) is 2. The van der Waals surface area contributed by atoms with Crippen LogP contribution in [0.25, 0.3) is 0 Å². The number of aliphatic hydroxyl groups is 1. The molecule has 4 heteroatoms. The predicted molar refractivity (Wildman–Crippen MR) is 67.2 cm³/mol. The quantitative estimate of drug-likeness (QED) is 0.838. The normalized spacial score (nSPS) is 20.4. The molecule has 0 aromatic heterocycles. The van der Waals surface area contributed by atoms with Gasteiger partial charge in [-0.2, -0.15) is 0 Å². The lowest BCUT2D eigenvalue weighted by atomic mass is 10.2. The predicted octanol–water partition coefficient (Wildman–Crippen LogP) is 1.50. The van der Waals surface area contributed by atoms with Crippen LogP contribution in [0.15, 0.2) is 24.3 Å². The van der Waals surface area contributed by atoms with Crippen molar-refractivity contribution in [2.24, 2.45) is 0 Å². The van der Waals surface area contributed by atoms with E-state index in [9.17, 15) is 0 Å². The van der Waals surface area contributed by atoms with Crippen LogP contribution >= 0.6 is 11.6 Å². The molecule has 0 spiro atoms. The highest BCUT2D eigenvalue weighted by Crippen LogP contribution is 2.22. The van der Waals surface area contributed by atoms with Gasteiger partial charge in [-0.05, 0) is 30.7 Å². The van der Waals surface area contributed by atoms with Crippen molar-refractivity contribution in [1.82, 2.24) is 5.32 Å². The van der Waals surface area contributed by atoms with Gasteiger partial charge in [0.2, 0.25) is 0 Å². The van der Waals surface area contributed by atoms with Crippen LogP contribution in [0.3, 0.4) is 0 Å². The Morgan fingerprint density at radius 1 is 1.38 bits per heavy atom. The van der Waals surface area contributed by atoms with Crippen molar-refractivity contribution >= 4 is 17.3 Å². The van der Waals surface area contributed by atoms with Crippen molar-refractivity contribution < 1.29 is 5.11 Å². The Hall–Kier alpha value is -0.770. The monoisotopic (exact) mass is 240 g/mol. The number of nitrogens with one attached hydrogen (secondary N) is 1. The van der Waals surface area contributed by atoms with Gasteiger partial charge < -0.3 is 15.3 Å². The van der Waals surface area contributed by atoms with Crippen molar-refractivity contribution in [3.8, 4) is 0 Å². The molecule has 1 unspecified atom stereocenters. The van der Waals surface area contributed by atoms with E-state index in [4.69, 9.17) is 16.7 Å². The molecule has 3 nitrogen and oxygen atoms in total. The highest BCUT2D eigenvalue weighted by molar-refractivity contribution is 6.30. The molecule has 1 aliphatic rings. The molecule has 1 atom stereocenters. The van der Waals surface area contributed by atoms with Gasteiger partial charge in [0, 0.05) is 36.4 Å². The third kappa shape index (κ3) is 2.88. The van der Waals surface area contributed by atoms with E-state index < -0.39 is 0 Å². The second kappa shape index (κ2) is 5.53. The molecule has 0 amide bonds. The average Bonchev–Trinajstić information content (AvgIpc) is 2.76. The zero-order chi connectivity index (χ0) is 11.4. The van der Waals surface area contributed by atoms with E-state index in [1.165, 1.54) is 5.69 Å². The fraction of sp³-hybridized carbons (Fsp3) is 0.500. The summed E-state index contributed by atoms with van der Waals surface area (Å²) in [5.74, 6) is 0. The lowest BCUT2D eigenvalue weighted by Gasteiger charge is -2.19. The highest BCUT2D eigenvalue weighted by atomic mass is 35.5. The summed E-state index contributed by atoms with van der Waals surface area (Å²) in [5, 5.41) is 12.8. The number of nitrogens with zero attached hydrogens (tertiary/aromatic N) is 1. The van der Waals surface area contributed by atoms with E-state index in [2.05, 4.69) is 22.3 Å². The van der Waals surface area contributed by atoms with Gasteiger partial charge in [-0.25, -0.2) is 0 Å². The largest absolute Gasteiger partial charge is 0.395 e. The molecule has 2 rings (SSSR count). The number of benzene rings is 1. The van der Waals surface area contributed by atoms with Crippen LogP contribution in [0.1, 0.15) is 6.42 Å². The SMILES string of the molecule is OCCNC1CCN(c2ccc(Cl)cc2)C1. The Bertz CT molecular complexity index is 328. The standard InChI is InChI=1S/C12H17ClN2O/c13-10-1-3-12(4-2-10)15-7-5-11(9-15)14-6-8-16/h1-4,11,14,16H,5-9H2. The molecule has 0 bridgehead atoms. The van der Waals surface area contributed by atoms with Crippen molar-refractivity contribution in [1.29, 1.82) is 0 Å². The van der Waals surface area contributed by atoms with Crippen LogP contribution < -0.4 is 10.2 Å². The highest BCUT2D eigenvalue weighted by Gasteiger charge is 2.21. The first-order valence-corrected chi connectivity index (χ1v) is 6.02. The molecule has 2 N–H and O–H groups in total. The molecule has 16 heavy (non-hydrogen) atoms. The Kier molecular flexibility index (Phi) is 4.04. The smallest absolute Gasteiger partial charge is 0.0556 e. The minimum Gasteiger partial charge on any atom is -0.395 e. The summed E-state index contributed by atoms with van der Waals surface area (Å²) < 4.78 is 0. The molecule has 88 valence electrons. The first-order chi connectivity index (χ1) is 7.79. The summed E-state index contributed by atoms with van der Waals surface area (Å²) in [6.45, 7) is 2.95. The van der Waals surface area contributed by atoms with E-state index >= 15 is 0 Å². The lowest BCUT2D eigenvalue weighted by molar-refractivity contribution is 0.286.